The Morgan fingerprint density at radius 2 is 1.90 bits per heavy atom. The molecule has 0 saturated heterocycles. The number of hydrogen-bond acceptors (Lipinski definition) is 6. The van der Waals surface area contributed by atoms with Crippen LogP contribution in [0.1, 0.15) is 42.0 Å². The Labute approximate surface area is 231 Å². The highest BCUT2D eigenvalue weighted by molar-refractivity contribution is 5.85. The molecule has 1 aromatic heterocycles. The van der Waals surface area contributed by atoms with Crippen LogP contribution in [0.3, 0.4) is 0 Å². The van der Waals surface area contributed by atoms with Gasteiger partial charge in [-0.05, 0) is 79.1 Å². The number of hydrogen-bond donors (Lipinski definition) is 2. The summed E-state index contributed by atoms with van der Waals surface area (Å²) in [4.78, 5) is 15.7. The second kappa shape index (κ2) is 10.8. The van der Waals surface area contributed by atoms with Crippen molar-refractivity contribution in [1.82, 2.24) is 15.5 Å². The molecule has 2 aliphatic carbocycles. The molecule has 7 nitrogen and oxygen atoms in total. The van der Waals surface area contributed by atoms with Crippen molar-refractivity contribution in [2.75, 3.05) is 7.11 Å². The summed E-state index contributed by atoms with van der Waals surface area (Å²) in [6, 6.07) is 17.5. The smallest absolute Gasteiger partial charge is 0.306 e. The van der Waals surface area contributed by atoms with E-state index in [1.54, 1.807) is 18.2 Å². The third kappa shape index (κ3) is 5.02. The lowest BCUT2D eigenvalue weighted by Gasteiger charge is -2.35. The summed E-state index contributed by atoms with van der Waals surface area (Å²) in [6.07, 6.45) is 3.33. The number of nitrogens with zero attached hydrogens (tertiary/aromatic N) is 2. The van der Waals surface area contributed by atoms with Crippen LogP contribution in [0.25, 0.3) is 34.0 Å². The number of aryl methyl sites for hydroxylation is 2. The minimum absolute atomic E-state index is 0. The number of ether oxygens (including phenoxy) is 1. The molecule has 6 rings (SSSR count). The number of nitrogens with one attached hydrogen (secondary N) is 1. The molecule has 1 saturated carbocycles. The summed E-state index contributed by atoms with van der Waals surface area (Å²) >= 11 is 0. The van der Waals surface area contributed by atoms with Gasteiger partial charge in [0.25, 0.3) is 5.89 Å². The average molecular weight is 550 g/mol. The lowest BCUT2D eigenvalue weighted by molar-refractivity contribution is -0.145. The van der Waals surface area contributed by atoms with Crippen molar-refractivity contribution in [3.63, 3.8) is 0 Å². The van der Waals surface area contributed by atoms with E-state index in [1.165, 1.54) is 18.2 Å². The van der Waals surface area contributed by atoms with E-state index in [4.69, 9.17) is 14.4 Å². The Morgan fingerprint density at radius 1 is 1.10 bits per heavy atom. The molecule has 0 amide bonds. The Hall–Kier alpha value is -3.75. The van der Waals surface area contributed by atoms with Gasteiger partial charge in [0.15, 0.2) is 11.6 Å². The maximum absolute atomic E-state index is 14.8. The lowest BCUT2D eigenvalue weighted by Crippen LogP contribution is -2.45. The first kappa shape index (κ1) is 26.8. The van der Waals surface area contributed by atoms with Crippen LogP contribution in [0, 0.1) is 18.7 Å². The van der Waals surface area contributed by atoms with Gasteiger partial charge in [-0.2, -0.15) is 4.98 Å². The van der Waals surface area contributed by atoms with Gasteiger partial charge < -0.3 is 19.7 Å². The zero-order valence-corrected chi connectivity index (χ0v) is 22.4. The highest BCUT2D eigenvalue weighted by Crippen LogP contribution is 2.38. The summed E-state index contributed by atoms with van der Waals surface area (Å²) in [7, 11) is 1.45. The van der Waals surface area contributed by atoms with E-state index in [1.807, 2.05) is 31.2 Å². The topological polar surface area (TPSA) is 97.5 Å². The Morgan fingerprint density at radius 3 is 2.64 bits per heavy atom. The van der Waals surface area contributed by atoms with E-state index in [0.717, 1.165) is 35.1 Å². The van der Waals surface area contributed by atoms with Crippen molar-refractivity contribution < 1.29 is 23.6 Å². The van der Waals surface area contributed by atoms with Crippen molar-refractivity contribution in [3.05, 3.63) is 77.1 Å². The largest absolute Gasteiger partial charge is 0.494 e. The molecule has 1 heterocycles. The molecular formula is C30H29ClFN3O4. The Balaban J connectivity index is 0.00000308. The zero-order valence-electron chi connectivity index (χ0n) is 21.6. The molecule has 0 bridgehead atoms. The fraction of sp³-hybridized carbons (Fsp3) is 0.300. The van der Waals surface area contributed by atoms with Gasteiger partial charge in [-0.3, -0.25) is 4.79 Å². The predicted molar refractivity (Wildman–Crippen MR) is 147 cm³/mol. The molecule has 0 aliphatic heterocycles. The van der Waals surface area contributed by atoms with Crippen LogP contribution >= 0.6 is 12.4 Å². The molecule has 202 valence electrons. The third-order valence-electron chi connectivity index (χ3n) is 7.78. The number of carboxylic acid groups (broad SMARTS) is 1. The number of halogens is 2. The highest BCUT2D eigenvalue weighted by atomic mass is 35.5. The van der Waals surface area contributed by atoms with Gasteiger partial charge in [-0.25, -0.2) is 4.39 Å². The molecule has 1 atom stereocenters. The lowest BCUT2D eigenvalue weighted by atomic mass is 9.80. The predicted octanol–water partition coefficient (Wildman–Crippen LogP) is 6.39. The number of carbonyl (C=O) groups is 1. The molecule has 4 aromatic rings. The first-order valence-corrected chi connectivity index (χ1v) is 12.8. The second-order valence-corrected chi connectivity index (χ2v) is 10.1. The molecule has 3 aromatic carbocycles. The summed E-state index contributed by atoms with van der Waals surface area (Å²) in [5.41, 5.74) is 6.29. The second-order valence-electron chi connectivity index (χ2n) is 10.1. The van der Waals surface area contributed by atoms with Crippen molar-refractivity contribution in [2.45, 2.75) is 44.7 Å². The highest BCUT2D eigenvalue weighted by Gasteiger charge is 2.36. The van der Waals surface area contributed by atoms with Crippen LogP contribution in [-0.4, -0.2) is 34.4 Å². The molecule has 2 aliphatic rings. The van der Waals surface area contributed by atoms with Gasteiger partial charge in [0.2, 0.25) is 5.82 Å². The van der Waals surface area contributed by atoms with Crippen LogP contribution in [0.5, 0.6) is 5.75 Å². The van der Waals surface area contributed by atoms with E-state index in [-0.39, 0.29) is 36.2 Å². The third-order valence-corrected chi connectivity index (χ3v) is 7.78. The molecular weight excluding hydrogens is 521 g/mol. The van der Waals surface area contributed by atoms with Crippen LogP contribution < -0.4 is 10.1 Å². The number of aromatic nitrogens is 2. The minimum Gasteiger partial charge on any atom is -0.494 e. The normalized spacial score (nSPS) is 19.6. The first-order valence-electron chi connectivity index (χ1n) is 12.8. The standard InChI is InChI=1S/C30H28FN3O4.ClH/c1-16-12-19(7-9-22(16)24-4-3-5-26(37-2)27(24)31)29-33-28(34-38-29)18-6-10-23-17(13-18)8-11-25(23)32-21-14-20(15-21)30(35)36;/h3-7,9-10,12-13,20-21,25,32H,8,11,14-15H2,1-2H3,(H,35,36);1H. The maximum Gasteiger partial charge on any atom is 0.306 e. The summed E-state index contributed by atoms with van der Waals surface area (Å²) < 4.78 is 25.5. The van der Waals surface area contributed by atoms with Crippen LogP contribution in [0.2, 0.25) is 0 Å². The van der Waals surface area contributed by atoms with E-state index < -0.39 is 11.8 Å². The molecule has 0 radical (unpaired) electrons. The average Bonchev–Trinajstić information content (AvgIpc) is 3.53. The zero-order chi connectivity index (χ0) is 26.4. The van der Waals surface area contributed by atoms with Crippen LogP contribution in [0.4, 0.5) is 4.39 Å². The van der Waals surface area contributed by atoms with Gasteiger partial charge in [0.1, 0.15) is 0 Å². The number of rotatable bonds is 7. The number of methoxy groups -OCH3 is 1. The summed E-state index contributed by atoms with van der Waals surface area (Å²) in [5, 5.41) is 17.0. The van der Waals surface area contributed by atoms with E-state index >= 15 is 0 Å². The number of fused-ring (bicyclic) bond motifs is 1. The minimum atomic E-state index is -0.698. The molecule has 0 spiro atoms. The number of benzene rings is 3. The fourth-order valence-electron chi connectivity index (χ4n) is 5.60. The molecule has 1 unspecified atom stereocenters. The Bertz CT molecular complexity index is 1530. The van der Waals surface area contributed by atoms with Crippen molar-refractivity contribution in [2.24, 2.45) is 5.92 Å². The quantitative estimate of drug-likeness (QED) is 0.276. The molecule has 9 heteroatoms. The maximum atomic E-state index is 14.8. The van der Waals surface area contributed by atoms with Crippen LogP contribution in [0.15, 0.2) is 59.1 Å². The van der Waals surface area contributed by atoms with Crippen LogP contribution in [-0.2, 0) is 11.2 Å². The SMILES string of the molecule is COc1cccc(-c2ccc(-c3nc(-c4ccc5c(c4)CCC5NC4CC(C(=O)O)C4)no3)cc2C)c1F.Cl. The van der Waals surface area contributed by atoms with Gasteiger partial charge in [-0.15, -0.1) is 12.4 Å². The summed E-state index contributed by atoms with van der Waals surface area (Å²) in [6.45, 7) is 1.92. The number of aliphatic carboxylic acids is 1. The van der Waals surface area contributed by atoms with E-state index in [9.17, 15) is 9.18 Å². The number of carboxylic acids is 1. The monoisotopic (exact) mass is 549 g/mol. The van der Waals surface area contributed by atoms with Crippen molar-refractivity contribution in [1.29, 1.82) is 0 Å². The van der Waals surface area contributed by atoms with E-state index in [2.05, 4.69) is 27.6 Å². The van der Waals surface area contributed by atoms with Gasteiger partial charge in [-0.1, -0.05) is 35.5 Å². The first-order chi connectivity index (χ1) is 18.4. The van der Waals surface area contributed by atoms with E-state index in [0.29, 0.717) is 30.1 Å². The van der Waals surface area contributed by atoms with Crippen molar-refractivity contribution in [3.8, 4) is 39.7 Å². The van der Waals surface area contributed by atoms with Gasteiger partial charge in [0.05, 0.1) is 13.0 Å². The summed E-state index contributed by atoms with van der Waals surface area (Å²) in [5.74, 6) is -0.181. The fourth-order valence-corrected chi connectivity index (χ4v) is 5.60. The van der Waals surface area contributed by atoms with Crippen molar-refractivity contribution >= 4 is 18.4 Å². The molecule has 39 heavy (non-hydrogen) atoms. The molecule has 1 fully saturated rings. The van der Waals surface area contributed by atoms with Gasteiger partial charge >= 0.3 is 5.97 Å². The molecule has 2 N–H and O–H groups in total. The Kier molecular flexibility index (Phi) is 7.42. The van der Waals surface area contributed by atoms with Gasteiger partial charge in [0, 0.05) is 28.8 Å².